The van der Waals surface area contributed by atoms with Crippen molar-refractivity contribution < 1.29 is 9.59 Å². The van der Waals surface area contributed by atoms with Gasteiger partial charge in [-0.15, -0.1) is 10.2 Å². The third kappa shape index (κ3) is 3.88. The molecule has 8 nitrogen and oxygen atoms in total. The Balaban J connectivity index is 1.74. The minimum Gasteiger partial charge on any atom is -0.354 e. The standard InChI is InChI=1S/C16H22N6O2S/c1-17-15(24)13-7-6-11(21(13)2)12-5-3-4-8-22(12)9-14(23)19-16-20-18-10-25-16/h6-7,10,12H,3-5,8-9H2,1-2H3,(H,17,24)(H,19,20,23)/t12-/m1/s1. The summed E-state index contributed by atoms with van der Waals surface area (Å²) in [4.78, 5) is 26.4. The lowest BCUT2D eigenvalue weighted by Crippen LogP contribution is -2.40. The number of amides is 2. The largest absolute Gasteiger partial charge is 0.354 e. The summed E-state index contributed by atoms with van der Waals surface area (Å²) in [6, 6.07) is 3.94. The summed E-state index contributed by atoms with van der Waals surface area (Å²) in [6.45, 7) is 1.15. The highest BCUT2D eigenvalue weighted by Gasteiger charge is 2.28. The van der Waals surface area contributed by atoms with Crippen LogP contribution < -0.4 is 10.6 Å². The molecular formula is C16H22N6O2S. The number of nitrogens with zero attached hydrogens (tertiary/aromatic N) is 4. The zero-order valence-corrected chi connectivity index (χ0v) is 15.2. The highest BCUT2D eigenvalue weighted by molar-refractivity contribution is 7.13. The van der Waals surface area contributed by atoms with Crippen LogP contribution in [0.15, 0.2) is 17.6 Å². The van der Waals surface area contributed by atoms with Crippen LogP contribution in [0.2, 0.25) is 0 Å². The first-order valence-electron chi connectivity index (χ1n) is 8.28. The van der Waals surface area contributed by atoms with Gasteiger partial charge < -0.3 is 9.88 Å². The molecule has 1 aliphatic rings. The zero-order chi connectivity index (χ0) is 17.8. The summed E-state index contributed by atoms with van der Waals surface area (Å²) in [5.74, 6) is -0.200. The summed E-state index contributed by atoms with van der Waals surface area (Å²) in [6.07, 6.45) is 3.14. The van der Waals surface area contributed by atoms with E-state index in [1.807, 2.05) is 23.7 Å². The average Bonchev–Trinajstić information content (AvgIpc) is 3.24. The van der Waals surface area contributed by atoms with E-state index in [-0.39, 0.29) is 17.9 Å². The second-order valence-electron chi connectivity index (χ2n) is 6.06. The predicted octanol–water partition coefficient (Wildman–Crippen LogP) is 1.40. The molecule has 134 valence electrons. The van der Waals surface area contributed by atoms with Crippen LogP contribution in [0.5, 0.6) is 0 Å². The summed E-state index contributed by atoms with van der Waals surface area (Å²) >= 11 is 1.30. The number of anilines is 1. The molecule has 0 unspecified atom stereocenters. The predicted molar refractivity (Wildman–Crippen MR) is 95.5 cm³/mol. The van der Waals surface area contributed by atoms with Gasteiger partial charge in [-0.05, 0) is 31.5 Å². The van der Waals surface area contributed by atoms with Gasteiger partial charge in [0, 0.05) is 19.8 Å². The Labute approximate surface area is 150 Å². The second kappa shape index (κ2) is 7.75. The van der Waals surface area contributed by atoms with E-state index in [1.54, 1.807) is 12.6 Å². The van der Waals surface area contributed by atoms with E-state index in [4.69, 9.17) is 0 Å². The number of hydrogen-bond donors (Lipinski definition) is 2. The molecule has 25 heavy (non-hydrogen) atoms. The normalized spacial score (nSPS) is 18.1. The second-order valence-corrected chi connectivity index (χ2v) is 6.89. The maximum absolute atomic E-state index is 12.3. The molecule has 2 N–H and O–H groups in total. The van der Waals surface area contributed by atoms with E-state index in [2.05, 4.69) is 25.7 Å². The first kappa shape index (κ1) is 17.6. The average molecular weight is 362 g/mol. The quantitative estimate of drug-likeness (QED) is 0.839. The minimum absolute atomic E-state index is 0.0932. The lowest BCUT2D eigenvalue weighted by Gasteiger charge is -2.35. The Hall–Kier alpha value is -2.26. The van der Waals surface area contributed by atoms with Gasteiger partial charge in [-0.2, -0.15) is 0 Å². The number of hydrogen-bond acceptors (Lipinski definition) is 6. The number of carbonyl (C=O) groups excluding carboxylic acids is 2. The molecule has 1 saturated heterocycles. The van der Waals surface area contributed by atoms with Gasteiger partial charge in [0.05, 0.1) is 12.6 Å². The van der Waals surface area contributed by atoms with E-state index in [0.29, 0.717) is 17.4 Å². The third-order valence-corrected chi connectivity index (χ3v) is 5.14. The number of piperidine rings is 1. The lowest BCUT2D eigenvalue weighted by atomic mass is 9.99. The molecule has 1 atom stereocenters. The van der Waals surface area contributed by atoms with Gasteiger partial charge in [-0.25, -0.2) is 0 Å². The molecule has 0 spiro atoms. The summed E-state index contributed by atoms with van der Waals surface area (Å²) in [7, 11) is 3.52. The van der Waals surface area contributed by atoms with Gasteiger partial charge >= 0.3 is 0 Å². The highest BCUT2D eigenvalue weighted by atomic mass is 32.1. The molecule has 1 aliphatic heterocycles. The van der Waals surface area contributed by atoms with Crippen LogP contribution in [0.3, 0.4) is 0 Å². The lowest BCUT2D eigenvalue weighted by molar-refractivity contribution is -0.118. The molecule has 0 radical (unpaired) electrons. The van der Waals surface area contributed by atoms with Crippen LogP contribution in [0, 0.1) is 0 Å². The molecule has 2 aromatic rings. The Bertz CT molecular complexity index is 742. The van der Waals surface area contributed by atoms with Crippen LogP contribution in [-0.2, 0) is 11.8 Å². The molecule has 0 bridgehead atoms. The third-order valence-electron chi connectivity index (χ3n) is 4.53. The van der Waals surface area contributed by atoms with E-state index < -0.39 is 0 Å². The minimum atomic E-state index is -0.106. The fraction of sp³-hybridized carbons (Fsp3) is 0.500. The van der Waals surface area contributed by atoms with Crippen molar-refractivity contribution in [1.82, 2.24) is 25.0 Å². The van der Waals surface area contributed by atoms with Gasteiger partial charge in [0.2, 0.25) is 11.0 Å². The van der Waals surface area contributed by atoms with Crippen molar-refractivity contribution in [3.63, 3.8) is 0 Å². The SMILES string of the molecule is CNC(=O)c1ccc([C@H]2CCCCN2CC(=O)Nc2nncs2)n1C. The zero-order valence-electron chi connectivity index (χ0n) is 14.4. The van der Waals surface area contributed by atoms with E-state index >= 15 is 0 Å². The fourth-order valence-electron chi connectivity index (χ4n) is 3.30. The molecule has 0 aromatic carbocycles. The maximum Gasteiger partial charge on any atom is 0.267 e. The van der Waals surface area contributed by atoms with Gasteiger partial charge in [0.25, 0.3) is 5.91 Å². The van der Waals surface area contributed by atoms with Gasteiger partial charge in [-0.1, -0.05) is 17.8 Å². The van der Waals surface area contributed by atoms with Crippen molar-refractivity contribution in [2.75, 3.05) is 25.5 Å². The summed E-state index contributed by atoms with van der Waals surface area (Å²) < 4.78 is 1.92. The van der Waals surface area contributed by atoms with Crippen molar-refractivity contribution >= 4 is 28.3 Å². The molecule has 2 amide bonds. The van der Waals surface area contributed by atoms with Gasteiger partial charge in [0.1, 0.15) is 11.2 Å². The van der Waals surface area contributed by atoms with Crippen LogP contribution in [-0.4, -0.2) is 51.6 Å². The van der Waals surface area contributed by atoms with E-state index in [0.717, 1.165) is 31.5 Å². The Morgan fingerprint density at radius 3 is 2.92 bits per heavy atom. The number of rotatable bonds is 5. The van der Waals surface area contributed by atoms with E-state index in [9.17, 15) is 9.59 Å². The fourth-order valence-corrected chi connectivity index (χ4v) is 3.76. The molecular weight excluding hydrogens is 340 g/mol. The number of carbonyl (C=O) groups is 2. The molecule has 9 heteroatoms. The highest BCUT2D eigenvalue weighted by Crippen LogP contribution is 2.31. The molecule has 2 aromatic heterocycles. The number of aromatic nitrogens is 3. The van der Waals surface area contributed by atoms with Crippen molar-refractivity contribution in [3.8, 4) is 0 Å². The summed E-state index contributed by atoms with van der Waals surface area (Å²) in [5, 5.41) is 13.5. The Kier molecular flexibility index (Phi) is 5.44. The first-order valence-corrected chi connectivity index (χ1v) is 9.16. The number of nitrogens with one attached hydrogen (secondary N) is 2. The molecule has 1 fully saturated rings. The number of likely N-dealkylation sites (tertiary alicyclic amines) is 1. The van der Waals surface area contributed by atoms with Crippen LogP contribution in [0.25, 0.3) is 0 Å². The van der Waals surface area contributed by atoms with Crippen molar-refractivity contribution in [1.29, 1.82) is 0 Å². The van der Waals surface area contributed by atoms with Crippen molar-refractivity contribution in [3.05, 3.63) is 29.0 Å². The molecule has 0 saturated carbocycles. The Morgan fingerprint density at radius 2 is 2.20 bits per heavy atom. The van der Waals surface area contributed by atoms with Crippen LogP contribution in [0.1, 0.15) is 41.5 Å². The van der Waals surface area contributed by atoms with Crippen LogP contribution >= 0.6 is 11.3 Å². The van der Waals surface area contributed by atoms with Crippen molar-refractivity contribution in [2.24, 2.45) is 7.05 Å². The summed E-state index contributed by atoms with van der Waals surface area (Å²) in [5.41, 5.74) is 3.27. The Morgan fingerprint density at radius 1 is 1.36 bits per heavy atom. The van der Waals surface area contributed by atoms with E-state index in [1.165, 1.54) is 11.3 Å². The molecule has 3 rings (SSSR count). The van der Waals surface area contributed by atoms with Gasteiger partial charge in [0.15, 0.2) is 0 Å². The van der Waals surface area contributed by atoms with Crippen LogP contribution in [0.4, 0.5) is 5.13 Å². The molecule has 0 aliphatic carbocycles. The molecule has 3 heterocycles. The maximum atomic E-state index is 12.3. The van der Waals surface area contributed by atoms with Gasteiger partial charge in [-0.3, -0.25) is 19.8 Å². The smallest absolute Gasteiger partial charge is 0.267 e. The monoisotopic (exact) mass is 362 g/mol. The first-order chi connectivity index (χ1) is 12.1. The van der Waals surface area contributed by atoms with Crippen molar-refractivity contribution in [2.45, 2.75) is 25.3 Å². The topological polar surface area (TPSA) is 92.2 Å².